The summed E-state index contributed by atoms with van der Waals surface area (Å²) in [5, 5.41) is 18.7. The van der Waals surface area contributed by atoms with Crippen molar-refractivity contribution in [3.8, 4) is 16.9 Å². The Morgan fingerprint density at radius 3 is 2.19 bits per heavy atom. The number of aromatic hydroxyl groups is 1. The van der Waals surface area contributed by atoms with Crippen LogP contribution in [0.4, 0.5) is 5.69 Å². The molecular formula is C20H21N3O3S. The molecule has 0 aromatic heterocycles. The molecule has 3 aromatic carbocycles. The van der Waals surface area contributed by atoms with E-state index in [-0.39, 0.29) is 10.6 Å². The molecule has 7 heteroatoms. The number of primary sulfonamides is 1. The lowest BCUT2D eigenvalue weighted by Crippen LogP contribution is -2.14. The standard InChI is InChI=1S/C20H21N3O3S/c21-19-18(15-4-2-1-3-5-15)11-8-16(20(19)24)13-23-12-14-6-9-17(10-7-14)27(22,25)26/h1-11,23-24H,12-13,21H2,(H2,22,25,26). The van der Waals surface area contributed by atoms with Gasteiger partial charge in [0.15, 0.2) is 0 Å². The fourth-order valence-corrected chi connectivity index (χ4v) is 3.32. The minimum atomic E-state index is -3.69. The van der Waals surface area contributed by atoms with Crippen LogP contribution in [0.2, 0.25) is 0 Å². The van der Waals surface area contributed by atoms with Crippen molar-refractivity contribution in [1.29, 1.82) is 0 Å². The molecular weight excluding hydrogens is 362 g/mol. The predicted molar refractivity (Wildman–Crippen MR) is 106 cm³/mol. The van der Waals surface area contributed by atoms with Crippen LogP contribution in [-0.4, -0.2) is 13.5 Å². The molecule has 0 aliphatic carbocycles. The van der Waals surface area contributed by atoms with Crippen LogP contribution in [0.3, 0.4) is 0 Å². The molecule has 6 nitrogen and oxygen atoms in total. The first-order valence-corrected chi connectivity index (χ1v) is 9.89. The molecule has 3 aromatic rings. The molecule has 0 saturated carbocycles. The van der Waals surface area contributed by atoms with Gasteiger partial charge in [0.2, 0.25) is 10.0 Å². The lowest BCUT2D eigenvalue weighted by molar-refractivity contribution is 0.467. The second-order valence-corrected chi connectivity index (χ2v) is 7.75. The summed E-state index contributed by atoms with van der Waals surface area (Å²) in [6.07, 6.45) is 0. The summed E-state index contributed by atoms with van der Waals surface area (Å²) < 4.78 is 22.5. The highest BCUT2D eigenvalue weighted by Gasteiger charge is 2.11. The van der Waals surface area contributed by atoms with Gasteiger partial charge in [-0.3, -0.25) is 0 Å². The molecule has 0 spiro atoms. The van der Waals surface area contributed by atoms with Crippen molar-refractivity contribution in [2.24, 2.45) is 5.14 Å². The Hall–Kier alpha value is -2.87. The fourth-order valence-electron chi connectivity index (χ4n) is 2.80. The van der Waals surface area contributed by atoms with Crippen molar-refractivity contribution in [3.05, 3.63) is 77.9 Å². The third-order valence-corrected chi connectivity index (χ3v) is 5.21. The largest absolute Gasteiger partial charge is 0.505 e. The lowest BCUT2D eigenvalue weighted by atomic mass is 10.0. The van der Waals surface area contributed by atoms with E-state index < -0.39 is 10.0 Å². The van der Waals surface area contributed by atoms with Crippen LogP contribution in [0, 0.1) is 0 Å². The van der Waals surface area contributed by atoms with Gasteiger partial charge < -0.3 is 16.2 Å². The fraction of sp³-hybridized carbons (Fsp3) is 0.100. The van der Waals surface area contributed by atoms with Gasteiger partial charge in [0, 0.05) is 24.2 Å². The second kappa shape index (κ2) is 7.79. The quantitative estimate of drug-likeness (QED) is 0.385. The Labute approximate surface area is 158 Å². The van der Waals surface area contributed by atoms with Crippen LogP contribution in [0.15, 0.2) is 71.6 Å². The molecule has 0 aliphatic heterocycles. The molecule has 0 radical (unpaired) electrons. The number of rotatable bonds is 6. The topological polar surface area (TPSA) is 118 Å². The van der Waals surface area contributed by atoms with E-state index in [1.165, 1.54) is 12.1 Å². The van der Waals surface area contributed by atoms with Gasteiger partial charge in [-0.2, -0.15) is 0 Å². The second-order valence-electron chi connectivity index (χ2n) is 6.19. The summed E-state index contributed by atoms with van der Waals surface area (Å²) in [5.74, 6) is 0.0634. The number of benzene rings is 3. The van der Waals surface area contributed by atoms with E-state index in [0.29, 0.717) is 24.3 Å². The Balaban J connectivity index is 1.67. The van der Waals surface area contributed by atoms with Crippen molar-refractivity contribution in [1.82, 2.24) is 5.32 Å². The van der Waals surface area contributed by atoms with E-state index in [2.05, 4.69) is 5.32 Å². The first-order valence-electron chi connectivity index (χ1n) is 8.34. The van der Waals surface area contributed by atoms with Crippen LogP contribution in [0.25, 0.3) is 11.1 Å². The van der Waals surface area contributed by atoms with E-state index in [0.717, 1.165) is 16.7 Å². The molecule has 27 heavy (non-hydrogen) atoms. The molecule has 0 saturated heterocycles. The Morgan fingerprint density at radius 1 is 0.889 bits per heavy atom. The van der Waals surface area contributed by atoms with Crippen LogP contribution in [0.5, 0.6) is 5.75 Å². The highest BCUT2D eigenvalue weighted by atomic mass is 32.2. The van der Waals surface area contributed by atoms with Gasteiger partial charge in [-0.15, -0.1) is 0 Å². The molecule has 3 rings (SSSR count). The number of nitrogens with one attached hydrogen (secondary N) is 1. The van der Waals surface area contributed by atoms with Gasteiger partial charge in [0.05, 0.1) is 10.6 Å². The summed E-state index contributed by atoms with van der Waals surface area (Å²) in [6.45, 7) is 0.923. The summed E-state index contributed by atoms with van der Waals surface area (Å²) in [5.41, 5.74) is 9.77. The molecule has 0 unspecified atom stereocenters. The smallest absolute Gasteiger partial charge is 0.238 e. The molecule has 0 amide bonds. The maximum atomic E-state index is 11.3. The molecule has 6 N–H and O–H groups in total. The van der Waals surface area contributed by atoms with Crippen LogP contribution in [-0.2, 0) is 23.1 Å². The van der Waals surface area contributed by atoms with Gasteiger partial charge in [0.25, 0.3) is 0 Å². The first-order chi connectivity index (χ1) is 12.9. The van der Waals surface area contributed by atoms with Crippen molar-refractivity contribution in [2.75, 3.05) is 5.73 Å². The maximum Gasteiger partial charge on any atom is 0.238 e. The number of anilines is 1. The first kappa shape index (κ1) is 18.9. The summed E-state index contributed by atoms with van der Waals surface area (Å²) >= 11 is 0. The zero-order chi connectivity index (χ0) is 19.4. The van der Waals surface area contributed by atoms with Crippen LogP contribution < -0.4 is 16.2 Å². The number of hydrogen-bond donors (Lipinski definition) is 4. The third-order valence-electron chi connectivity index (χ3n) is 4.28. The number of phenols is 1. The molecule has 0 heterocycles. The Bertz CT molecular complexity index is 1030. The van der Waals surface area contributed by atoms with Crippen LogP contribution in [0.1, 0.15) is 11.1 Å². The normalized spacial score (nSPS) is 11.4. The highest BCUT2D eigenvalue weighted by molar-refractivity contribution is 7.89. The Kier molecular flexibility index (Phi) is 5.46. The van der Waals surface area contributed by atoms with Crippen molar-refractivity contribution in [3.63, 3.8) is 0 Å². The van der Waals surface area contributed by atoms with E-state index in [9.17, 15) is 13.5 Å². The summed E-state index contributed by atoms with van der Waals surface area (Å²) in [6, 6.07) is 19.7. The van der Waals surface area contributed by atoms with Gasteiger partial charge in [0.1, 0.15) is 5.75 Å². The van der Waals surface area contributed by atoms with E-state index >= 15 is 0 Å². The minimum absolute atomic E-state index is 0.0634. The number of nitrogens with two attached hydrogens (primary N) is 2. The highest BCUT2D eigenvalue weighted by Crippen LogP contribution is 2.35. The average molecular weight is 383 g/mol. The van der Waals surface area contributed by atoms with E-state index in [1.54, 1.807) is 12.1 Å². The Morgan fingerprint density at radius 2 is 1.56 bits per heavy atom. The monoisotopic (exact) mass is 383 g/mol. The molecule has 0 aliphatic rings. The number of sulfonamides is 1. The zero-order valence-corrected chi connectivity index (χ0v) is 15.4. The number of nitrogen functional groups attached to an aromatic ring is 1. The predicted octanol–water partition coefficient (Wildman–Crippen LogP) is 2.58. The van der Waals surface area contributed by atoms with Crippen molar-refractivity contribution in [2.45, 2.75) is 18.0 Å². The van der Waals surface area contributed by atoms with Gasteiger partial charge in [-0.05, 0) is 23.3 Å². The third kappa shape index (κ3) is 4.46. The van der Waals surface area contributed by atoms with Gasteiger partial charge in [-0.1, -0.05) is 54.6 Å². The number of hydrogen-bond acceptors (Lipinski definition) is 5. The van der Waals surface area contributed by atoms with Gasteiger partial charge in [-0.25, -0.2) is 13.6 Å². The average Bonchev–Trinajstić information content (AvgIpc) is 2.66. The maximum absolute atomic E-state index is 11.3. The van der Waals surface area contributed by atoms with Crippen LogP contribution >= 0.6 is 0 Å². The molecule has 0 atom stereocenters. The minimum Gasteiger partial charge on any atom is -0.505 e. The van der Waals surface area contributed by atoms with E-state index in [4.69, 9.17) is 10.9 Å². The van der Waals surface area contributed by atoms with Crippen molar-refractivity contribution < 1.29 is 13.5 Å². The lowest BCUT2D eigenvalue weighted by Gasteiger charge is -2.13. The number of phenolic OH excluding ortho intramolecular Hbond substituents is 1. The SMILES string of the molecule is Nc1c(-c2ccccc2)ccc(CNCc2ccc(S(N)(=O)=O)cc2)c1O. The van der Waals surface area contributed by atoms with Crippen molar-refractivity contribution >= 4 is 15.7 Å². The summed E-state index contributed by atoms with van der Waals surface area (Å²) in [7, 11) is -3.69. The molecule has 0 bridgehead atoms. The van der Waals surface area contributed by atoms with E-state index in [1.807, 2.05) is 42.5 Å². The van der Waals surface area contributed by atoms with Gasteiger partial charge >= 0.3 is 0 Å². The molecule has 0 fully saturated rings. The summed E-state index contributed by atoms with van der Waals surface area (Å²) in [4.78, 5) is 0.0770. The zero-order valence-electron chi connectivity index (χ0n) is 14.6. The molecule has 140 valence electrons.